The highest BCUT2D eigenvalue weighted by atomic mass is 19.3. The normalized spacial score (nSPS) is 10.4. The molecule has 0 amide bonds. The molecule has 0 saturated heterocycles. The summed E-state index contributed by atoms with van der Waals surface area (Å²) in [5, 5.41) is 0. The van der Waals surface area contributed by atoms with Crippen LogP contribution in [0.15, 0.2) is 11.6 Å². The van der Waals surface area contributed by atoms with E-state index in [4.69, 9.17) is 0 Å². The first-order valence-electron chi connectivity index (χ1n) is 3.43. The minimum atomic E-state index is -3.34. The van der Waals surface area contributed by atoms with E-state index in [1.165, 1.54) is 6.92 Å². The molecule has 0 heterocycles. The summed E-state index contributed by atoms with van der Waals surface area (Å²) in [5.41, 5.74) is -1.52. The van der Waals surface area contributed by atoms with Gasteiger partial charge in [-0.25, -0.2) is 22.4 Å². The Bertz CT molecular complexity index is 191. The summed E-state index contributed by atoms with van der Waals surface area (Å²) < 4.78 is 51.4. The quantitative estimate of drug-likeness (QED) is 0.394. The van der Waals surface area contributed by atoms with Gasteiger partial charge in [-0.3, -0.25) is 0 Å². The van der Waals surface area contributed by atoms with Crippen molar-refractivity contribution >= 4 is 5.97 Å². The molecule has 76 valence electrons. The summed E-state index contributed by atoms with van der Waals surface area (Å²) in [6, 6.07) is 0. The first kappa shape index (κ1) is 11.9. The number of allylic oxidation sites excluding steroid dienone is 1. The van der Waals surface area contributed by atoms with Gasteiger partial charge in [0.15, 0.2) is 0 Å². The fourth-order valence-electron chi connectivity index (χ4n) is 0.541. The van der Waals surface area contributed by atoms with Crippen LogP contribution in [0.5, 0.6) is 0 Å². The fraction of sp³-hybridized carbons (Fsp3) is 0.571. The standard InChI is InChI=1S/C7H8F4O2/c1-2-13-5(12)3-4(6(8)9)7(10)11/h3,6-7H,2H2,1H3. The number of carbonyl (C=O) groups is 1. The SMILES string of the molecule is CCOC(=O)C=C(C(F)F)C(F)F. The Kier molecular flexibility index (Phi) is 5.10. The summed E-state index contributed by atoms with van der Waals surface area (Å²) >= 11 is 0. The summed E-state index contributed by atoms with van der Waals surface area (Å²) in [5.74, 6) is -1.18. The summed E-state index contributed by atoms with van der Waals surface area (Å²) in [7, 11) is 0. The molecule has 0 saturated carbocycles. The van der Waals surface area contributed by atoms with E-state index in [0.717, 1.165) is 0 Å². The lowest BCUT2D eigenvalue weighted by Crippen LogP contribution is -2.11. The van der Waals surface area contributed by atoms with Crippen LogP contribution >= 0.6 is 0 Å². The molecular weight excluding hydrogens is 192 g/mol. The molecule has 0 atom stereocenters. The summed E-state index contributed by atoms with van der Waals surface area (Å²) in [6.07, 6.45) is -6.56. The van der Waals surface area contributed by atoms with Crippen LogP contribution < -0.4 is 0 Å². The number of hydrogen-bond acceptors (Lipinski definition) is 2. The molecule has 0 aromatic carbocycles. The topological polar surface area (TPSA) is 26.3 Å². The molecule has 0 aromatic rings. The second-order valence-electron chi connectivity index (χ2n) is 2.00. The molecule has 0 spiro atoms. The van der Waals surface area contributed by atoms with Crippen molar-refractivity contribution in [2.24, 2.45) is 0 Å². The molecule has 0 aromatic heterocycles. The van der Waals surface area contributed by atoms with Crippen LogP contribution in [0.25, 0.3) is 0 Å². The second kappa shape index (κ2) is 5.55. The third-order valence-corrected chi connectivity index (χ3v) is 1.08. The number of alkyl halides is 4. The van der Waals surface area contributed by atoms with E-state index in [0.29, 0.717) is 0 Å². The van der Waals surface area contributed by atoms with Crippen molar-refractivity contribution in [1.29, 1.82) is 0 Å². The van der Waals surface area contributed by atoms with Crippen molar-refractivity contribution in [1.82, 2.24) is 0 Å². The number of ether oxygens (including phenoxy) is 1. The zero-order valence-electron chi connectivity index (χ0n) is 6.77. The zero-order chi connectivity index (χ0) is 10.4. The van der Waals surface area contributed by atoms with Crippen LogP contribution in [0, 0.1) is 0 Å². The number of carbonyl (C=O) groups excluding carboxylic acids is 1. The zero-order valence-corrected chi connectivity index (χ0v) is 6.77. The lowest BCUT2D eigenvalue weighted by molar-refractivity contribution is -0.137. The van der Waals surface area contributed by atoms with Crippen LogP contribution in [-0.2, 0) is 9.53 Å². The molecule has 6 heteroatoms. The van der Waals surface area contributed by atoms with Crippen molar-refractivity contribution in [2.45, 2.75) is 19.8 Å². The van der Waals surface area contributed by atoms with Crippen LogP contribution in [0.3, 0.4) is 0 Å². The van der Waals surface area contributed by atoms with E-state index in [1.54, 1.807) is 0 Å². The molecule has 2 nitrogen and oxygen atoms in total. The summed E-state index contributed by atoms with van der Waals surface area (Å²) in [4.78, 5) is 10.5. The Balaban J connectivity index is 4.44. The van der Waals surface area contributed by atoms with Gasteiger partial charge in [0.25, 0.3) is 12.9 Å². The van der Waals surface area contributed by atoms with Gasteiger partial charge in [0.1, 0.15) is 0 Å². The predicted molar refractivity (Wildman–Crippen MR) is 36.7 cm³/mol. The highest BCUT2D eigenvalue weighted by molar-refractivity contribution is 5.83. The molecule has 0 aliphatic rings. The second-order valence-corrected chi connectivity index (χ2v) is 2.00. The molecule has 0 unspecified atom stereocenters. The van der Waals surface area contributed by atoms with Crippen LogP contribution in [0.2, 0.25) is 0 Å². The van der Waals surface area contributed by atoms with Crippen LogP contribution in [-0.4, -0.2) is 25.4 Å². The van der Waals surface area contributed by atoms with E-state index in [1.807, 2.05) is 0 Å². The highest BCUT2D eigenvalue weighted by Crippen LogP contribution is 2.17. The van der Waals surface area contributed by atoms with Crippen molar-refractivity contribution in [2.75, 3.05) is 6.61 Å². The average molecular weight is 200 g/mol. The van der Waals surface area contributed by atoms with Crippen molar-refractivity contribution in [3.8, 4) is 0 Å². The maximum Gasteiger partial charge on any atom is 0.331 e. The average Bonchev–Trinajstić information content (AvgIpc) is 1.99. The predicted octanol–water partition coefficient (Wildman–Crippen LogP) is 2.01. The molecule has 0 fully saturated rings. The Labute approximate surface area is 72.2 Å². The van der Waals surface area contributed by atoms with Gasteiger partial charge < -0.3 is 4.74 Å². The van der Waals surface area contributed by atoms with Crippen LogP contribution in [0.1, 0.15) is 6.92 Å². The van der Waals surface area contributed by atoms with E-state index >= 15 is 0 Å². The first-order chi connectivity index (χ1) is 5.99. The molecule has 13 heavy (non-hydrogen) atoms. The lowest BCUT2D eigenvalue weighted by atomic mass is 10.2. The fourth-order valence-corrected chi connectivity index (χ4v) is 0.541. The first-order valence-corrected chi connectivity index (χ1v) is 3.43. The Morgan fingerprint density at radius 1 is 1.31 bits per heavy atom. The number of rotatable bonds is 4. The third kappa shape index (κ3) is 4.49. The van der Waals surface area contributed by atoms with E-state index in [-0.39, 0.29) is 12.7 Å². The minimum absolute atomic E-state index is 0.0465. The number of halogens is 4. The Morgan fingerprint density at radius 2 is 1.77 bits per heavy atom. The largest absolute Gasteiger partial charge is 0.463 e. The van der Waals surface area contributed by atoms with Gasteiger partial charge in [-0.1, -0.05) is 0 Å². The van der Waals surface area contributed by atoms with E-state index < -0.39 is 24.4 Å². The molecular formula is C7H8F4O2. The maximum atomic E-state index is 11.8. The maximum absolute atomic E-state index is 11.8. The van der Waals surface area contributed by atoms with Gasteiger partial charge in [-0.15, -0.1) is 0 Å². The lowest BCUT2D eigenvalue weighted by Gasteiger charge is -2.03. The minimum Gasteiger partial charge on any atom is -0.463 e. The van der Waals surface area contributed by atoms with Gasteiger partial charge in [0, 0.05) is 6.08 Å². The van der Waals surface area contributed by atoms with Gasteiger partial charge >= 0.3 is 5.97 Å². The van der Waals surface area contributed by atoms with E-state index in [2.05, 4.69) is 4.74 Å². The van der Waals surface area contributed by atoms with E-state index in [9.17, 15) is 22.4 Å². The van der Waals surface area contributed by atoms with Gasteiger partial charge in [0.2, 0.25) is 0 Å². The number of hydrogen-bond donors (Lipinski definition) is 0. The van der Waals surface area contributed by atoms with Crippen LogP contribution in [0.4, 0.5) is 17.6 Å². The molecule has 0 bridgehead atoms. The molecule has 0 aliphatic carbocycles. The molecule has 0 rings (SSSR count). The Hall–Kier alpha value is -1.07. The van der Waals surface area contributed by atoms with Gasteiger partial charge in [0.05, 0.1) is 12.2 Å². The monoisotopic (exact) mass is 200 g/mol. The molecule has 0 aliphatic heterocycles. The molecule has 0 radical (unpaired) electrons. The van der Waals surface area contributed by atoms with Crippen molar-refractivity contribution < 1.29 is 27.1 Å². The van der Waals surface area contributed by atoms with Crippen molar-refractivity contribution in [3.63, 3.8) is 0 Å². The van der Waals surface area contributed by atoms with Gasteiger partial charge in [-0.05, 0) is 6.92 Å². The smallest absolute Gasteiger partial charge is 0.331 e. The summed E-state index contributed by atoms with van der Waals surface area (Å²) in [6.45, 7) is 1.39. The highest BCUT2D eigenvalue weighted by Gasteiger charge is 2.22. The van der Waals surface area contributed by atoms with Crippen molar-refractivity contribution in [3.05, 3.63) is 11.6 Å². The number of esters is 1. The third-order valence-electron chi connectivity index (χ3n) is 1.08. The van der Waals surface area contributed by atoms with Gasteiger partial charge in [-0.2, -0.15) is 0 Å². The Morgan fingerprint density at radius 3 is 2.08 bits per heavy atom. The molecule has 0 N–H and O–H groups in total.